The van der Waals surface area contributed by atoms with Crippen molar-refractivity contribution in [2.75, 3.05) is 6.54 Å². The zero-order valence-corrected chi connectivity index (χ0v) is 20.9. The number of fused-ring (bicyclic) bond motifs is 1. The normalized spacial score (nSPS) is 15.1. The van der Waals surface area contributed by atoms with E-state index in [1.54, 1.807) is 24.3 Å². The van der Waals surface area contributed by atoms with Gasteiger partial charge in [-0.25, -0.2) is 8.42 Å². The maximum atomic E-state index is 12.3. The number of amides is 1. The number of carbonyl (C=O) groups excluding carboxylic acids is 1. The molecule has 9 heteroatoms. The average Bonchev–Trinajstić information content (AvgIpc) is 3.26. The highest BCUT2D eigenvalue weighted by molar-refractivity contribution is 7.90. The number of unbranched alkanes of at least 4 members (excludes halogenated alkanes) is 2. The fourth-order valence-corrected chi connectivity index (χ4v) is 5.44. The Kier molecular flexibility index (Phi) is 7.65. The highest BCUT2D eigenvalue weighted by atomic mass is 32.2. The standard InChI is InChI=1S/C26H31N5O3S/c1-19-23(20(2)31(29-19)18-21-11-5-3-6-12-21)17-28-25(32)15-7-4-10-16-27-26-22-13-8-9-14-24(22)35(33,34)30-26/h3,5-6,8-9,11-14H,4,7,10,15-18H2,1-2H3,(H,27,30)(H,28,32). The van der Waals surface area contributed by atoms with Crippen molar-refractivity contribution in [1.82, 2.24) is 19.8 Å². The second kappa shape index (κ2) is 10.9. The van der Waals surface area contributed by atoms with Crippen LogP contribution in [0.2, 0.25) is 0 Å². The maximum Gasteiger partial charge on any atom is 0.263 e. The number of aliphatic imine (C=N–C) groups is 1. The number of sulfonamides is 1. The minimum Gasteiger partial charge on any atom is -0.352 e. The second-order valence-corrected chi connectivity index (χ2v) is 10.4. The molecule has 0 saturated heterocycles. The quantitative estimate of drug-likeness (QED) is 0.422. The summed E-state index contributed by atoms with van der Waals surface area (Å²) in [6, 6.07) is 17.0. The molecule has 8 nitrogen and oxygen atoms in total. The van der Waals surface area contributed by atoms with E-state index in [9.17, 15) is 13.2 Å². The van der Waals surface area contributed by atoms with Crippen LogP contribution in [0.1, 0.15) is 53.8 Å². The van der Waals surface area contributed by atoms with Gasteiger partial charge in [0.05, 0.1) is 17.1 Å². The number of hydrogen-bond donors (Lipinski definition) is 2. The lowest BCUT2D eigenvalue weighted by atomic mass is 10.1. The number of hydrogen-bond acceptors (Lipinski definition) is 5. The molecule has 0 unspecified atom stereocenters. The first-order chi connectivity index (χ1) is 16.8. The highest BCUT2D eigenvalue weighted by Gasteiger charge is 2.29. The minimum atomic E-state index is -3.50. The summed E-state index contributed by atoms with van der Waals surface area (Å²) in [5, 5.41) is 7.66. The SMILES string of the molecule is Cc1nn(Cc2ccccc2)c(C)c1CNC(=O)CCCCCN=C1NS(=O)(=O)c2ccccc21. The van der Waals surface area contributed by atoms with Crippen molar-refractivity contribution in [3.63, 3.8) is 0 Å². The molecule has 0 spiro atoms. The third-order valence-electron chi connectivity index (χ3n) is 6.16. The molecule has 1 aliphatic heterocycles. The average molecular weight is 494 g/mol. The molecule has 1 aliphatic rings. The van der Waals surface area contributed by atoms with Crippen molar-refractivity contribution in [1.29, 1.82) is 0 Å². The van der Waals surface area contributed by atoms with Gasteiger partial charge in [0.15, 0.2) is 0 Å². The lowest BCUT2D eigenvalue weighted by Crippen LogP contribution is -2.23. The van der Waals surface area contributed by atoms with Crippen LogP contribution in [0.25, 0.3) is 0 Å². The topological polar surface area (TPSA) is 105 Å². The zero-order chi connectivity index (χ0) is 24.8. The van der Waals surface area contributed by atoms with Crippen molar-refractivity contribution in [2.45, 2.75) is 57.5 Å². The van der Waals surface area contributed by atoms with E-state index in [4.69, 9.17) is 0 Å². The summed E-state index contributed by atoms with van der Waals surface area (Å²) in [6.45, 7) is 5.69. The Hall–Kier alpha value is -3.46. The number of nitrogens with zero attached hydrogens (tertiary/aromatic N) is 3. The molecular formula is C26H31N5O3S. The molecule has 0 radical (unpaired) electrons. The lowest BCUT2D eigenvalue weighted by Gasteiger charge is -2.07. The summed E-state index contributed by atoms with van der Waals surface area (Å²) < 4.78 is 28.7. The molecule has 2 N–H and O–H groups in total. The van der Waals surface area contributed by atoms with Crippen molar-refractivity contribution in [3.8, 4) is 0 Å². The molecule has 2 heterocycles. The van der Waals surface area contributed by atoms with Crippen LogP contribution in [-0.4, -0.2) is 36.5 Å². The number of benzene rings is 2. The van der Waals surface area contributed by atoms with E-state index >= 15 is 0 Å². The van der Waals surface area contributed by atoms with Gasteiger partial charge >= 0.3 is 0 Å². The Morgan fingerprint density at radius 2 is 1.77 bits per heavy atom. The second-order valence-electron chi connectivity index (χ2n) is 8.71. The number of rotatable bonds is 10. The highest BCUT2D eigenvalue weighted by Crippen LogP contribution is 2.22. The molecule has 0 bridgehead atoms. The van der Waals surface area contributed by atoms with E-state index in [0.29, 0.717) is 37.5 Å². The van der Waals surface area contributed by atoms with Crippen LogP contribution in [0.15, 0.2) is 64.5 Å². The molecule has 3 aromatic rings. The molecule has 2 aromatic carbocycles. The number of carbonyl (C=O) groups is 1. The van der Waals surface area contributed by atoms with E-state index in [-0.39, 0.29) is 10.8 Å². The molecule has 0 saturated carbocycles. The van der Waals surface area contributed by atoms with Gasteiger partial charge in [-0.15, -0.1) is 0 Å². The predicted molar refractivity (Wildman–Crippen MR) is 136 cm³/mol. The van der Waals surface area contributed by atoms with Crippen molar-refractivity contribution in [2.24, 2.45) is 4.99 Å². The molecular weight excluding hydrogens is 462 g/mol. The van der Waals surface area contributed by atoms with Gasteiger partial charge in [-0.3, -0.25) is 19.2 Å². The number of aryl methyl sites for hydroxylation is 1. The van der Waals surface area contributed by atoms with Crippen molar-refractivity contribution in [3.05, 3.63) is 82.7 Å². The molecule has 0 aliphatic carbocycles. The monoisotopic (exact) mass is 493 g/mol. The Morgan fingerprint density at radius 1 is 1.03 bits per heavy atom. The fourth-order valence-electron chi connectivity index (χ4n) is 4.19. The van der Waals surface area contributed by atoms with Gasteiger partial charge in [-0.05, 0) is 44.4 Å². The summed E-state index contributed by atoms with van der Waals surface area (Å²) in [5.74, 6) is 0.417. The number of amidine groups is 1. The van der Waals surface area contributed by atoms with Gasteiger partial charge in [0, 0.05) is 36.3 Å². The Bertz CT molecular complexity index is 1330. The third kappa shape index (κ3) is 5.97. The van der Waals surface area contributed by atoms with Crippen molar-refractivity contribution >= 4 is 21.8 Å². The largest absolute Gasteiger partial charge is 0.352 e. The Morgan fingerprint density at radius 3 is 2.57 bits per heavy atom. The van der Waals surface area contributed by atoms with E-state index in [2.05, 4.69) is 32.3 Å². The van der Waals surface area contributed by atoms with Gasteiger partial charge in [0.2, 0.25) is 5.91 Å². The van der Waals surface area contributed by atoms with Gasteiger partial charge in [-0.2, -0.15) is 5.10 Å². The van der Waals surface area contributed by atoms with Crippen LogP contribution in [-0.2, 0) is 27.9 Å². The number of aromatic nitrogens is 2. The Balaban J connectivity index is 1.19. The lowest BCUT2D eigenvalue weighted by molar-refractivity contribution is -0.121. The van der Waals surface area contributed by atoms with Crippen molar-refractivity contribution < 1.29 is 13.2 Å². The molecule has 4 rings (SSSR count). The summed E-state index contributed by atoms with van der Waals surface area (Å²) in [5.41, 5.74) is 4.86. The first-order valence-electron chi connectivity index (χ1n) is 11.9. The molecule has 0 atom stereocenters. The molecule has 0 fully saturated rings. The van der Waals surface area contributed by atoms with E-state index in [1.165, 1.54) is 5.56 Å². The van der Waals surface area contributed by atoms with Crippen LogP contribution in [0, 0.1) is 13.8 Å². The smallest absolute Gasteiger partial charge is 0.263 e. The van der Waals surface area contributed by atoms with E-state index < -0.39 is 10.0 Å². The third-order valence-corrected chi connectivity index (χ3v) is 7.56. The maximum absolute atomic E-state index is 12.3. The summed E-state index contributed by atoms with van der Waals surface area (Å²) >= 11 is 0. The molecule has 184 valence electrons. The zero-order valence-electron chi connectivity index (χ0n) is 20.1. The first-order valence-corrected chi connectivity index (χ1v) is 13.3. The van der Waals surface area contributed by atoms with Gasteiger partial charge in [0.25, 0.3) is 10.0 Å². The summed E-state index contributed by atoms with van der Waals surface area (Å²) in [4.78, 5) is 17.0. The van der Waals surface area contributed by atoms with E-state index in [0.717, 1.165) is 36.2 Å². The number of nitrogens with one attached hydrogen (secondary N) is 2. The van der Waals surface area contributed by atoms with Gasteiger partial charge in [-0.1, -0.05) is 48.9 Å². The fraction of sp³-hybridized carbons (Fsp3) is 0.346. The first kappa shape index (κ1) is 24.7. The van der Waals surface area contributed by atoms with E-state index in [1.807, 2.05) is 36.7 Å². The summed E-state index contributed by atoms with van der Waals surface area (Å²) in [7, 11) is -3.50. The van der Waals surface area contributed by atoms with Gasteiger partial charge < -0.3 is 5.32 Å². The van der Waals surface area contributed by atoms with Crippen LogP contribution in [0.4, 0.5) is 0 Å². The molecule has 1 amide bonds. The van der Waals surface area contributed by atoms with Crippen LogP contribution >= 0.6 is 0 Å². The van der Waals surface area contributed by atoms with Crippen LogP contribution < -0.4 is 10.0 Å². The van der Waals surface area contributed by atoms with Crippen LogP contribution in [0.3, 0.4) is 0 Å². The Labute approximate surface area is 206 Å². The van der Waals surface area contributed by atoms with Crippen LogP contribution in [0.5, 0.6) is 0 Å². The molecule has 1 aromatic heterocycles. The molecule has 35 heavy (non-hydrogen) atoms. The van der Waals surface area contributed by atoms with Gasteiger partial charge in [0.1, 0.15) is 5.84 Å². The predicted octanol–water partition coefficient (Wildman–Crippen LogP) is 3.46. The minimum absolute atomic E-state index is 0.0170. The summed E-state index contributed by atoms with van der Waals surface area (Å²) in [6.07, 6.45) is 2.82.